The Hall–Kier alpha value is -0.610. The molecule has 0 aromatic carbocycles. The Kier molecular flexibility index (Phi) is 3.27. The molecule has 0 saturated carbocycles. The van der Waals surface area contributed by atoms with E-state index in [1.807, 2.05) is 13.8 Å². The Labute approximate surface area is 79.3 Å². The zero-order valence-electron chi connectivity index (χ0n) is 8.39. The van der Waals surface area contributed by atoms with Crippen LogP contribution in [0.4, 0.5) is 0 Å². The van der Waals surface area contributed by atoms with Gasteiger partial charge < -0.3 is 16.4 Å². The fourth-order valence-corrected chi connectivity index (χ4v) is 1.47. The van der Waals surface area contributed by atoms with Crippen LogP contribution in [0.15, 0.2) is 0 Å². The van der Waals surface area contributed by atoms with E-state index in [1.54, 1.807) is 0 Å². The predicted molar refractivity (Wildman–Crippen MR) is 52.3 cm³/mol. The van der Waals surface area contributed by atoms with Crippen LogP contribution in [0.3, 0.4) is 0 Å². The minimum Gasteiger partial charge on any atom is -0.352 e. The summed E-state index contributed by atoms with van der Waals surface area (Å²) in [5.41, 5.74) is 5.20. The van der Waals surface area contributed by atoms with Gasteiger partial charge in [-0.3, -0.25) is 4.79 Å². The van der Waals surface area contributed by atoms with Crippen molar-refractivity contribution in [2.75, 3.05) is 19.6 Å². The fourth-order valence-electron chi connectivity index (χ4n) is 1.47. The van der Waals surface area contributed by atoms with Crippen molar-refractivity contribution in [3.8, 4) is 0 Å². The molecule has 1 amide bonds. The van der Waals surface area contributed by atoms with Crippen LogP contribution in [0.2, 0.25) is 0 Å². The van der Waals surface area contributed by atoms with Crippen molar-refractivity contribution in [2.24, 2.45) is 11.1 Å². The van der Waals surface area contributed by atoms with E-state index < -0.39 is 0 Å². The standard InChI is InChI=1S/C9H19N3O/c1-7(5-10)12-8(13)9(2)3-4-11-6-9/h7,11H,3-6,10H2,1-2H3,(H,12,13)/t7-,9?/m0/s1. The summed E-state index contributed by atoms with van der Waals surface area (Å²) in [6.45, 7) is 6.11. The Balaban J connectivity index is 2.46. The van der Waals surface area contributed by atoms with Gasteiger partial charge in [0.25, 0.3) is 0 Å². The zero-order valence-corrected chi connectivity index (χ0v) is 8.39. The minimum absolute atomic E-state index is 0.0740. The minimum atomic E-state index is -0.233. The molecule has 0 aromatic heterocycles. The SMILES string of the molecule is C[C@@H](CN)NC(=O)C1(C)CCNC1. The van der Waals surface area contributed by atoms with E-state index in [-0.39, 0.29) is 17.4 Å². The molecule has 1 fully saturated rings. The van der Waals surface area contributed by atoms with Gasteiger partial charge in [0.05, 0.1) is 5.41 Å². The number of hydrogen-bond acceptors (Lipinski definition) is 3. The van der Waals surface area contributed by atoms with Crippen LogP contribution in [-0.2, 0) is 4.79 Å². The van der Waals surface area contributed by atoms with Crippen LogP contribution >= 0.6 is 0 Å². The van der Waals surface area contributed by atoms with E-state index in [0.29, 0.717) is 6.54 Å². The monoisotopic (exact) mass is 185 g/mol. The molecule has 0 radical (unpaired) electrons. The number of rotatable bonds is 3. The lowest BCUT2D eigenvalue weighted by Gasteiger charge is -2.23. The summed E-state index contributed by atoms with van der Waals surface area (Å²) in [4.78, 5) is 11.7. The highest BCUT2D eigenvalue weighted by molar-refractivity contribution is 5.83. The summed E-state index contributed by atoms with van der Waals surface area (Å²) in [5, 5.41) is 6.10. The van der Waals surface area contributed by atoms with Gasteiger partial charge in [0.2, 0.25) is 5.91 Å². The maximum Gasteiger partial charge on any atom is 0.227 e. The van der Waals surface area contributed by atoms with E-state index >= 15 is 0 Å². The molecule has 76 valence electrons. The molecule has 1 unspecified atom stereocenters. The third-order valence-electron chi connectivity index (χ3n) is 2.65. The van der Waals surface area contributed by atoms with Crippen molar-refractivity contribution < 1.29 is 4.79 Å². The molecule has 0 spiro atoms. The number of nitrogens with one attached hydrogen (secondary N) is 2. The molecule has 13 heavy (non-hydrogen) atoms. The van der Waals surface area contributed by atoms with Crippen molar-refractivity contribution in [2.45, 2.75) is 26.3 Å². The van der Waals surface area contributed by atoms with E-state index in [0.717, 1.165) is 19.5 Å². The predicted octanol–water partition coefficient (Wildman–Crippen LogP) is -0.551. The Morgan fingerprint density at radius 1 is 1.77 bits per heavy atom. The Bertz CT molecular complexity index is 187. The first-order valence-corrected chi connectivity index (χ1v) is 4.80. The van der Waals surface area contributed by atoms with Crippen LogP contribution in [0.5, 0.6) is 0 Å². The Morgan fingerprint density at radius 2 is 2.46 bits per heavy atom. The Morgan fingerprint density at radius 3 is 2.92 bits per heavy atom. The number of amides is 1. The normalized spacial score (nSPS) is 30.1. The van der Waals surface area contributed by atoms with Gasteiger partial charge in [-0.25, -0.2) is 0 Å². The number of carbonyl (C=O) groups excluding carboxylic acids is 1. The van der Waals surface area contributed by atoms with E-state index in [1.165, 1.54) is 0 Å². The van der Waals surface area contributed by atoms with Crippen molar-refractivity contribution in [3.63, 3.8) is 0 Å². The average molecular weight is 185 g/mol. The second-order valence-corrected chi connectivity index (χ2v) is 4.10. The van der Waals surface area contributed by atoms with E-state index in [2.05, 4.69) is 10.6 Å². The largest absolute Gasteiger partial charge is 0.352 e. The summed E-state index contributed by atoms with van der Waals surface area (Å²) in [5.74, 6) is 0.121. The third-order valence-corrected chi connectivity index (χ3v) is 2.65. The molecule has 0 aromatic rings. The van der Waals surface area contributed by atoms with Crippen LogP contribution in [0.1, 0.15) is 20.3 Å². The van der Waals surface area contributed by atoms with Gasteiger partial charge in [-0.05, 0) is 26.8 Å². The van der Waals surface area contributed by atoms with Crippen LogP contribution in [-0.4, -0.2) is 31.6 Å². The van der Waals surface area contributed by atoms with Gasteiger partial charge >= 0.3 is 0 Å². The molecule has 1 rings (SSSR count). The quantitative estimate of drug-likeness (QED) is 0.552. The number of hydrogen-bond donors (Lipinski definition) is 3. The summed E-state index contributed by atoms with van der Waals surface area (Å²) in [6, 6.07) is 0.0740. The van der Waals surface area contributed by atoms with Crippen LogP contribution in [0.25, 0.3) is 0 Å². The van der Waals surface area contributed by atoms with Gasteiger partial charge in [-0.15, -0.1) is 0 Å². The van der Waals surface area contributed by atoms with Crippen molar-refractivity contribution in [1.29, 1.82) is 0 Å². The number of nitrogens with two attached hydrogens (primary N) is 1. The summed E-state index contributed by atoms with van der Waals surface area (Å²) < 4.78 is 0. The van der Waals surface area contributed by atoms with Gasteiger partial charge in [-0.2, -0.15) is 0 Å². The first kappa shape index (κ1) is 10.5. The first-order valence-electron chi connectivity index (χ1n) is 4.80. The molecule has 0 aliphatic carbocycles. The molecule has 4 heteroatoms. The molecule has 2 atom stereocenters. The summed E-state index contributed by atoms with van der Waals surface area (Å²) in [6.07, 6.45) is 0.913. The maximum atomic E-state index is 11.7. The second-order valence-electron chi connectivity index (χ2n) is 4.10. The van der Waals surface area contributed by atoms with Gasteiger partial charge in [-0.1, -0.05) is 0 Å². The zero-order chi connectivity index (χ0) is 9.90. The number of carbonyl (C=O) groups is 1. The first-order chi connectivity index (χ1) is 6.08. The van der Waals surface area contributed by atoms with Crippen molar-refractivity contribution in [1.82, 2.24) is 10.6 Å². The maximum absolute atomic E-state index is 11.7. The molecule has 0 bridgehead atoms. The van der Waals surface area contributed by atoms with Crippen LogP contribution in [0, 0.1) is 5.41 Å². The molecule has 4 N–H and O–H groups in total. The molecule has 4 nitrogen and oxygen atoms in total. The molecular formula is C9H19N3O. The summed E-state index contributed by atoms with van der Waals surface area (Å²) in [7, 11) is 0. The van der Waals surface area contributed by atoms with Crippen LogP contribution < -0.4 is 16.4 Å². The van der Waals surface area contributed by atoms with Crippen molar-refractivity contribution in [3.05, 3.63) is 0 Å². The smallest absolute Gasteiger partial charge is 0.227 e. The highest BCUT2D eigenvalue weighted by Crippen LogP contribution is 2.24. The highest BCUT2D eigenvalue weighted by Gasteiger charge is 2.36. The second kappa shape index (κ2) is 4.07. The fraction of sp³-hybridized carbons (Fsp3) is 0.889. The molecule has 1 saturated heterocycles. The lowest BCUT2D eigenvalue weighted by molar-refractivity contribution is -0.129. The summed E-state index contributed by atoms with van der Waals surface area (Å²) >= 11 is 0. The molecule has 1 aliphatic rings. The highest BCUT2D eigenvalue weighted by atomic mass is 16.2. The molecule has 1 heterocycles. The molecule has 1 aliphatic heterocycles. The van der Waals surface area contributed by atoms with Gasteiger partial charge in [0, 0.05) is 19.1 Å². The lowest BCUT2D eigenvalue weighted by atomic mass is 9.88. The van der Waals surface area contributed by atoms with E-state index in [4.69, 9.17) is 5.73 Å². The third kappa shape index (κ3) is 2.42. The lowest BCUT2D eigenvalue weighted by Crippen LogP contribution is -2.46. The average Bonchev–Trinajstić information content (AvgIpc) is 2.53. The van der Waals surface area contributed by atoms with Crippen molar-refractivity contribution >= 4 is 5.91 Å². The topological polar surface area (TPSA) is 67.1 Å². The van der Waals surface area contributed by atoms with Gasteiger partial charge in [0.15, 0.2) is 0 Å². The van der Waals surface area contributed by atoms with Gasteiger partial charge in [0.1, 0.15) is 0 Å². The van der Waals surface area contributed by atoms with E-state index in [9.17, 15) is 4.79 Å². The molecular weight excluding hydrogens is 166 g/mol.